The molecule has 0 aromatic rings. The van der Waals surface area contributed by atoms with Gasteiger partial charge >= 0.3 is 18.9 Å². The SMILES string of the molecule is CCCCOCCCC.[LiH]. The van der Waals surface area contributed by atoms with Crippen molar-refractivity contribution in [3.8, 4) is 0 Å². The van der Waals surface area contributed by atoms with Gasteiger partial charge in [0.2, 0.25) is 0 Å². The third kappa shape index (κ3) is 11.4. The predicted molar refractivity (Wildman–Crippen MR) is 47.8 cm³/mol. The zero-order valence-electron chi connectivity index (χ0n) is 6.65. The summed E-state index contributed by atoms with van der Waals surface area (Å²) in [6.45, 7) is 6.28. The van der Waals surface area contributed by atoms with Crippen molar-refractivity contribution in [1.82, 2.24) is 0 Å². The molecule has 0 radical (unpaired) electrons. The minimum atomic E-state index is 0. The van der Waals surface area contributed by atoms with Gasteiger partial charge in [-0.2, -0.15) is 0 Å². The van der Waals surface area contributed by atoms with Crippen LogP contribution in [0.5, 0.6) is 0 Å². The van der Waals surface area contributed by atoms with Crippen LogP contribution in [0, 0.1) is 0 Å². The molecular weight excluding hydrogens is 119 g/mol. The second kappa shape index (κ2) is 12.3. The van der Waals surface area contributed by atoms with Gasteiger partial charge in [0.1, 0.15) is 0 Å². The fourth-order valence-electron chi connectivity index (χ4n) is 0.595. The van der Waals surface area contributed by atoms with Crippen molar-refractivity contribution in [2.45, 2.75) is 39.5 Å². The molecule has 1 nitrogen and oxygen atoms in total. The van der Waals surface area contributed by atoms with E-state index in [0.29, 0.717) is 0 Å². The minimum absolute atomic E-state index is 0. The zero-order chi connectivity index (χ0) is 6.95. The van der Waals surface area contributed by atoms with Crippen molar-refractivity contribution in [3.63, 3.8) is 0 Å². The Morgan fingerprint density at radius 2 is 1.30 bits per heavy atom. The third-order valence-electron chi connectivity index (χ3n) is 1.28. The van der Waals surface area contributed by atoms with E-state index in [0.717, 1.165) is 13.2 Å². The molecular formula is C8H19LiO. The van der Waals surface area contributed by atoms with E-state index in [2.05, 4.69) is 13.8 Å². The number of rotatable bonds is 6. The normalized spacial score (nSPS) is 9.00. The first-order valence-corrected chi connectivity index (χ1v) is 3.99. The van der Waals surface area contributed by atoms with Crippen LogP contribution >= 0.6 is 0 Å². The number of ether oxygens (including phenoxy) is 1. The molecule has 58 valence electrons. The Labute approximate surface area is 76.7 Å². The molecule has 0 rings (SSSR count). The Morgan fingerprint density at radius 1 is 0.900 bits per heavy atom. The van der Waals surface area contributed by atoms with Crippen molar-refractivity contribution in [3.05, 3.63) is 0 Å². The standard InChI is InChI=1S/C8H18O.Li.H/c1-3-5-7-9-8-6-4-2;;/h3-8H2,1-2H3;;. The fraction of sp³-hybridized carbons (Fsp3) is 1.00. The van der Waals surface area contributed by atoms with E-state index in [9.17, 15) is 0 Å². The summed E-state index contributed by atoms with van der Waals surface area (Å²) < 4.78 is 5.31. The van der Waals surface area contributed by atoms with E-state index in [-0.39, 0.29) is 18.9 Å². The first kappa shape index (κ1) is 13.2. The van der Waals surface area contributed by atoms with Crippen molar-refractivity contribution >= 4 is 18.9 Å². The Morgan fingerprint density at radius 3 is 1.60 bits per heavy atom. The Hall–Kier alpha value is 0.557. The molecule has 0 aliphatic heterocycles. The molecule has 0 aromatic carbocycles. The van der Waals surface area contributed by atoms with Crippen molar-refractivity contribution < 1.29 is 4.74 Å². The molecule has 10 heavy (non-hydrogen) atoms. The summed E-state index contributed by atoms with van der Waals surface area (Å²) in [7, 11) is 0. The second-order valence-electron chi connectivity index (χ2n) is 2.32. The topological polar surface area (TPSA) is 9.23 Å². The summed E-state index contributed by atoms with van der Waals surface area (Å²) in [4.78, 5) is 0. The molecule has 0 atom stereocenters. The van der Waals surface area contributed by atoms with E-state index in [1.807, 2.05) is 0 Å². The monoisotopic (exact) mass is 138 g/mol. The summed E-state index contributed by atoms with van der Waals surface area (Å²) in [5.41, 5.74) is 0. The molecule has 0 N–H and O–H groups in total. The van der Waals surface area contributed by atoms with Crippen LogP contribution in [0.4, 0.5) is 0 Å². The Balaban J connectivity index is 0. The predicted octanol–water partition coefficient (Wildman–Crippen LogP) is 1.95. The van der Waals surface area contributed by atoms with Crippen molar-refractivity contribution in [2.24, 2.45) is 0 Å². The summed E-state index contributed by atoms with van der Waals surface area (Å²) in [6, 6.07) is 0. The second-order valence-corrected chi connectivity index (χ2v) is 2.32. The molecule has 0 unspecified atom stereocenters. The molecule has 0 heterocycles. The van der Waals surface area contributed by atoms with Crippen LogP contribution in [0.1, 0.15) is 39.5 Å². The average molecular weight is 138 g/mol. The zero-order valence-corrected chi connectivity index (χ0v) is 6.65. The van der Waals surface area contributed by atoms with Gasteiger partial charge in [-0.3, -0.25) is 0 Å². The van der Waals surface area contributed by atoms with Gasteiger partial charge < -0.3 is 4.74 Å². The van der Waals surface area contributed by atoms with Crippen LogP contribution in [0.3, 0.4) is 0 Å². The van der Waals surface area contributed by atoms with Crippen LogP contribution < -0.4 is 0 Å². The first-order chi connectivity index (χ1) is 4.41. The van der Waals surface area contributed by atoms with Crippen molar-refractivity contribution in [1.29, 1.82) is 0 Å². The van der Waals surface area contributed by atoms with Gasteiger partial charge in [0.25, 0.3) is 0 Å². The van der Waals surface area contributed by atoms with Crippen LogP contribution in [-0.4, -0.2) is 32.1 Å². The molecule has 0 aliphatic rings. The third-order valence-corrected chi connectivity index (χ3v) is 1.28. The van der Waals surface area contributed by atoms with Gasteiger partial charge in [-0.25, -0.2) is 0 Å². The van der Waals surface area contributed by atoms with E-state index < -0.39 is 0 Å². The molecule has 2 heteroatoms. The van der Waals surface area contributed by atoms with Gasteiger partial charge in [0, 0.05) is 13.2 Å². The van der Waals surface area contributed by atoms with Crippen LogP contribution in [0.15, 0.2) is 0 Å². The maximum atomic E-state index is 5.31. The molecule has 0 amide bonds. The van der Waals surface area contributed by atoms with Crippen LogP contribution in [0.25, 0.3) is 0 Å². The number of hydrogen-bond donors (Lipinski definition) is 0. The van der Waals surface area contributed by atoms with E-state index in [1.54, 1.807) is 0 Å². The number of unbranched alkanes of at least 4 members (excludes halogenated alkanes) is 2. The first-order valence-electron chi connectivity index (χ1n) is 3.99. The van der Waals surface area contributed by atoms with E-state index in [4.69, 9.17) is 4.74 Å². The van der Waals surface area contributed by atoms with Crippen LogP contribution in [-0.2, 0) is 4.74 Å². The summed E-state index contributed by atoms with van der Waals surface area (Å²) >= 11 is 0. The van der Waals surface area contributed by atoms with Gasteiger partial charge in [-0.05, 0) is 12.8 Å². The summed E-state index contributed by atoms with van der Waals surface area (Å²) in [5.74, 6) is 0. The molecule has 0 fully saturated rings. The van der Waals surface area contributed by atoms with Crippen LogP contribution in [0.2, 0.25) is 0 Å². The Kier molecular flexibility index (Phi) is 16.1. The fourth-order valence-corrected chi connectivity index (χ4v) is 0.595. The molecule has 0 aliphatic carbocycles. The maximum absolute atomic E-state index is 5.31. The molecule has 0 aromatic heterocycles. The van der Waals surface area contributed by atoms with E-state index in [1.165, 1.54) is 25.7 Å². The van der Waals surface area contributed by atoms with Gasteiger partial charge in [0.05, 0.1) is 0 Å². The summed E-state index contributed by atoms with van der Waals surface area (Å²) in [6.07, 6.45) is 4.91. The molecule has 0 saturated carbocycles. The molecule has 0 spiro atoms. The molecule has 0 saturated heterocycles. The van der Waals surface area contributed by atoms with E-state index >= 15 is 0 Å². The summed E-state index contributed by atoms with van der Waals surface area (Å²) in [5, 5.41) is 0. The quantitative estimate of drug-likeness (QED) is 0.402. The number of hydrogen-bond acceptors (Lipinski definition) is 1. The van der Waals surface area contributed by atoms with Gasteiger partial charge in [-0.15, -0.1) is 0 Å². The average Bonchev–Trinajstić information content (AvgIpc) is 1.89. The molecule has 0 bridgehead atoms. The van der Waals surface area contributed by atoms with Gasteiger partial charge in [0.15, 0.2) is 0 Å². The Bertz CT molecular complexity index is 42.5. The van der Waals surface area contributed by atoms with Gasteiger partial charge in [-0.1, -0.05) is 26.7 Å². The van der Waals surface area contributed by atoms with Crippen molar-refractivity contribution in [2.75, 3.05) is 13.2 Å².